The Kier molecular flexibility index (Phi) is 8.08. The minimum atomic E-state index is -0.0916. The molecule has 0 aliphatic carbocycles. The number of amides is 1. The molecule has 30 heavy (non-hydrogen) atoms. The molecule has 3 aromatic rings. The van der Waals surface area contributed by atoms with Gasteiger partial charge in [0.2, 0.25) is 0 Å². The van der Waals surface area contributed by atoms with Gasteiger partial charge < -0.3 is 9.64 Å². The fourth-order valence-corrected chi connectivity index (χ4v) is 4.31. The highest BCUT2D eigenvalue weighted by molar-refractivity contribution is 7.22. The summed E-state index contributed by atoms with van der Waals surface area (Å²) in [6, 6.07) is 13.1. The van der Waals surface area contributed by atoms with E-state index >= 15 is 0 Å². The first-order chi connectivity index (χ1) is 14.5. The Morgan fingerprint density at radius 3 is 2.67 bits per heavy atom. The number of carbonyl (C=O) groups excluding carboxylic acids is 1. The predicted octanol–water partition coefficient (Wildman–Crippen LogP) is 5.73. The smallest absolute Gasteiger partial charge is 0.260 e. The zero-order valence-corrected chi connectivity index (χ0v) is 19.3. The van der Waals surface area contributed by atoms with Crippen LogP contribution in [0.15, 0.2) is 42.5 Å². The highest BCUT2D eigenvalue weighted by atomic mass is 35.5. The molecule has 1 aromatic heterocycles. The van der Waals surface area contributed by atoms with E-state index in [1.54, 1.807) is 4.90 Å². The number of hydrogen-bond donors (Lipinski definition) is 0. The third-order valence-corrected chi connectivity index (χ3v) is 6.05. The second kappa shape index (κ2) is 10.8. The van der Waals surface area contributed by atoms with Crippen molar-refractivity contribution in [1.29, 1.82) is 0 Å². The Bertz CT molecular complexity index is 989. The normalized spacial score (nSPS) is 11.2. The summed E-state index contributed by atoms with van der Waals surface area (Å²) in [5, 5.41) is 1.25. The van der Waals surface area contributed by atoms with Crippen molar-refractivity contribution in [2.24, 2.45) is 0 Å². The van der Waals surface area contributed by atoms with Gasteiger partial charge in [0.15, 0.2) is 5.13 Å². The lowest BCUT2D eigenvalue weighted by atomic mass is 10.2. The number of carbonyl (C=O) groups is 1. The van der Waals surface area contributed by atoms with Crippen LogP contribution in [0.2, 0.25) is 5.02 Å². The minimum absolute atomic E-state index is 0.0916. The molecule has 0 unspecified atom stereocenters. The summed E-state index contributed by atoms with van der Waals surface area (Å²) >= 11 is 7.78. The lowest BCUT2D eigenvalue weighted by molar-refractivity contribution is 0.0984. The highest BCUT2D eigenvalue weighted by Gasteiger charge is 2.22. The molecule has 0 aliphatic rings. The van der Waals surface area contributed by atoms with Gasteiger partial charge in [0.25, 0.3) is 5.91 Å². The largest absolute Gasteiger partial charge is 0.494 e. The molecule has 0 saturated heterocycles. The second-order valence-electron chi connectivity index (χ2n) is 7.43. The van der Waals surface area contributed by atoms with Crippen molar-refractivity contribution in [2.75, 3.05) is 38.7 Å². The molecule has 1 amide bonds. The number of benzene rings is 2. The fraction of sp³-hybridized carbons (Fsp3) is 0.391. The molecule has 1 heterocycles. The molecule has 7 heteroatoms. The van der Waals surface area contributed by atoms with E-state index in [1.165, 1.54) is 11.3 Å². The van der Waals surface area contributed by atoms with Gasteiger partial charge in [-0.05, 0) is 50.8 Å². The van der Waals surface area contributed by atoms with E-state index in [-0.39, 0.29) is 5.91 Å². The number of likely N-dealkylation sites (N-methyl/N-ethyl adjacent to an activating group) is 1. The van der Waals surface area contributed by atoms with E-state index in [2.05, 4.69) is 11.9 Å². The van der Waals surface area contributed by atoms with Crippen LogP contribution in [0.1, 0.15) is 36.5 Å². The van der Waals surface area contributed by atoms with Gasteiger partial charge in [0, 0.05) is 18.7 Å². The van der Waals surface area contributed by atoms with Crippen molar-refractivity contribution in [3.8, 4) is 5.75 Å². The molecule has 0 spiro atoms. The molecule has 0 fully saturated rings. The summed E-state index contributed by atoms with van der Waals surface area (Å²) in [5.74, 6) is 0.628. The summed E-state index contributed by atoms with van der Waals surface area (Å²) < 4.78 is 6.80. The molecule has 0 bridgehead atoms. The molecule has 0 saturated carbocycles. The maximum atomic E-state index is 13.4. The summed E-state index contributed by atoms with van der Waals surface area (Å²) in [6.07, 6.45) is 3.29. The number of hydrogen-bond acceptors (Lipinski definition) is 5. The first-order valence-corrected chi connectivity index (χ1v) is 11.4. The van der Waals surface area contributed by atoms with Crippen LogP contribution in [-0.2, 0) is 0 Å². The fourth-order valence-electron chi connectivity index (χ4n) is 3.02. The first-order valence-electron chi connectivity index (χ1n) is 10.2. The third-order valence-electron chi connectivity index (χ3n) is 4.70. The molecule has 2 aromatic carbocycles. The predicted molar refractivity (Wildman–Crippen MR) is 126 cm³/mol. The number of halogens is 1. The average Bonchev–Trinajstić information content (AvgIpc) is 3.16. The van der Waals surface area contributed by atoms with Crippen molar-refractivity contribution in [1.82, 2.24) is 9.88 Å². The van der Waals surface area contributed by atoms with Crippen molar-refractivity contribution in [2.45, 2.75) is 26.2 Å². The Morgan fingerprint density at radius 2 is 1.93 bits per heavy atom. The van der Waals surface area contributed by atoms with Crippen molar-refractivity contribution >= 4 is 44.2 Å². The van der Waals surface area contributed by atoms with Gasteiger partial charge in [-0.15, -0.1) is 0 Å². The number of para-hydroxylation sites is 1. The van der Waals surface area contributed by atoms with Crippen molar-refractivity contribution < 1.29 is 9.53 Å². The van der Waals surface area contributed by atoms with Gasteiger partial charge >= 0.3 is 0 Å². The number of anilines is 1. The molecule has 0 atom stereocenters. The van der Waals surface area contributed by atoms with Crippen LogP contribution in [-0.4, -0.2) is 49.6 Å². The van der Waals surface area contributed by atoms with E-state index in [4.69, 9.17) is 16.3 Å². The van der Waals surface area contributed by atoms with Gasteiger partial charge in [-0.2, -0.15) is 0 Å². The molecule has 0 aliphatic heterocycles. The summed E-state index contributed by atoms with van der Waals surface area (Å²) in [5.41, 5.74) is 1.32. The van der Waals surface area contributed by atoms with Crippen LogP contribution in [0, 0.1) is 0 Å². The van der Waals surface area contributed by atoms with Gasteiger partial charge in [-0.1, -0.05) is 54.8 Å². The summed E-state index contributed by atoms with van der Waals surface area (Å²) in [6.45, 7) is 4.08. The van der Waals surface area contributed by atoms with E-state index in [0.717, 1.165) is 41.8 Å². The number of aromatic nitrogens is 1. The zero-order valence-electron chi connectivity index (χ0n) is 17.7. The topological polar surface area (TPSA) is 45.7 Å². The monoisotopic (exact) mass is 445 g/mol. The SMILES string of the molecule is CCCCCOc1cccc(C(=O)N(CCN(C)C)c2nc3c(Cl)cccc3s2)c1. The molecule has 0 radical (unpaired) electrons. The van der Waals surface area contributed by atoms with E-state index in [1.807, 2.05) is 61.5 Å². The number of unbranched alkanes of at least 4 members (excludes halogenated alkanes) is 2. The van der Waals surface area contributed by atoms with E-state index < -0.39 is 0 Å². The molecule has 3 rings (SSSR count). The van der Waals surface area contributed by atoms with Crippen LogP contribution >= 0.6 is 22.9 Å². The minimum Gasteiger partial charge on any atom is -0.494 e. The van der Waals surface area contributed by atoms with E-state index in [0.29, 0.717) is 28.9 Å². The first kappa shape index (κ1) is 22.5. The van der Waals surface area contributed by atoms with Gasteiger partial charge in [-0.3, -0.25) is 9.69 Å². The van der Waals surface area contributed by atoms with Gasteiger partial charge in [0.05, 0.1) is 16.3 Å². The Balaban J connectivity index is 1.86. The number of fused-ring (bicyclic) bond motifs is 1. The van der Waals surface area contributed by atoms with E-state index in [9.17, 15) is 4.79 Å². The highest BCUT2D eigenvalue weighted by Crippen LogP contribution is 2.33. The molecular weight excluding hydrogens is 418 g/mol. The van der Waals surface area contributed by atoms with Crippen molar-refractivity contribution in [3.05, 3.63) is 53.1 Å². The molecule has 160 valence electrons. The summed E-state index contributed by atoms with van der Waals surface area (Å²) in [4.78, 5) is 21.9. The van der Waals surface area contributed by atoms with Crippen LogP contribution in [0.3, 0.4) is 0 Å². The third kappa shape index (κ3) is 5.72. The average molecular weight is 446 g/mol. The number of thiazole rings is 1. The Morgan fingerprint density at radius 1 is 1.13 bits per heavy atom. The van der Waals surface area contributed by atoms with Crippen molar-refractivity contribution in [3.63, 3.8) is 0 Å². The maximum Gasteiger partial charge on any atom is 0.260 e. The molecule has 0 N–H and O–H groups in total. The van der Waals surface area contributed by atoms with Crippen LogP contribution < -0.4 is 9.64 Å². The van der Waals surface area contributed by atoms with Gasteiger partial charge in [-0.25, -0.2) is 4.98 Å². The molecular formula is C23H28ClN3O2S. The molecule has 5 nitrogen and oxygen atoms in total. The zero-order chi connectivity index (χ0) is 21.5. The Labute approximate surface area is 187 Å². The summed E-state index contributed by atoms with van der Waals surface area (Å²) in [7, 11) is 3.98. The van der Waals surface area contributed by atoms with Gasteiger partial charge in [0.1, 0.15) is 11.3 Å². The maximum absolute atomic E-state index is 13.4. The lowest BCUT2D eigenvalue weighted by Gasteiger charge is -2.22. The van der Waals surface area contributed by atoms with Crippen LogP contribution in [0.25, 0.3) is 10.2 Å². The standard InChI is InChI=1S/C23H28ClN3O2S/c1-4-5-6-15-29-18-10-7-9-17(16-18)22(28)27(14-13-26(2)3)23-25-21-19(24)11-8-12-20(21)30-23/h7-12,16H,4-6,13-15H2,1-3H3. The van der Waals surface area contributed by atoms with Crippen LogP contribution in [0.5, 0.6) is 5.75 Å². The lowest BCUT2D eigenvalue weighted by Crippen LogP contribution is -2.36. The number of ether oxygens (including phenoxy) is 1. The number of nitrogens with zero attached hydrogens (tertiary/aromatic N) is 3. The second-order valence-corrected chi connectivity index (χ2v) is 8.84. The quantitative estimate of drug-likeness (QED) is 0.374. The van der Waals surface area contributed by atoms with Crippen LogP contribution in [0.4, 0.5) is 5.13 Å². The Hall–Kier alpha value is -2.15. The number of rotatable bonds is 10.